The van der Waals surface area contributed by atoms with Gasteiger partial charge in [0.25, 0.3) is 0 Å². The van der Waals surface area contributed by atoms with Gasteiger partial charge in [0.15, 0.2) is 0 Å². The number of nitrogens with zero attached hydrogens (tertiary/aromatic N) is 4. The van der Waals surface area contributed by atoms with Crippen LogP contribution < -0.4 is 0 Å². The molecule has 0 spiro atoms. The lowest BCUT2D eigenvalue weighted by molar-refractivity contribution is 1.16. The molecule has 0 saturated heterocycles. The van der Waals surface area contributed by atoms with Crippen molar-refractivity contribution in [2.45, 2.75) is 0 Å². The Bertz CT molecular complexity index is 3590. The summed E-state index contributed by atoms with van der Waals surface area (Å²) in [5.41, 5.74) is 14.8. The molecule has 0 amide bonds. The summed E-state index contributed by atoms with van der Waals surface area (Å²) in [5.74, 6) is 0. The van der Waals surface area contributed by atoms with Crippen LogP contribution >= 0.6 is 0 Å². The predicted octanol–water partition coefficient (Wildman–Crippen LogP) is 14.2. The van der Waals surface area contributed by atoms with E-state index in [0.717, 1.165) is 88.4 Å². The molecule has 0 aliphatic carbocycles. The Labute approximate surface area is 340 Å². The van der Waals surface area contributed by atoms with E-state index in [1.165, 1.54) is 16.3 Å². The van der Waals surface area contributed by atoms with Gasteiger partial charge in [-0.1, -0.05) is 146 Å². The van der Waals surface area contributed by atoms with Crippen LogP contribution in [-0.2, 0) is 0 Å². The van der Waals surface area contributed by atoms with E-state index < -0.39 is 0 Å². The van der Waals surface area contributed by atoms with E-state index in [0.29, 0.717) is 5.56 Å². The normalized spacial score (nSPS) is 11.7. The van der Waals surface area contributed by atoms with Crippen molar-refractivity contribution in [1.82, 2.24) is 13.7 Å². The van der Waals surface area contributed by atoms with Crippen molar-refractivity contribution in [3.63, 3.8) is 0 Å². The Morgan fingerprint density at radius 1 is 0.322 bits per heavy atom. The standard InChI is InChI=1S/C55H34N4/c56-35-40-32-31-39(38-20-16-19-37(33-38)36-17-4-1-5-18-36)34-49(40)59-48-30-15-12-27-45(48)52-54-50(43-25-10-13-28-46(43)57(54)41-21-6-2-7-22-41)53-51(55(52)59)44-26-11-14-29-47(44)58(53)42-23-8-3-9-24-42/h1-34H. The van der Waals surface area contributed by atoms with Crippen LogP contribution in [0.25, 0.3) is 105 Å². The second-order valence-electron chi connectivity index (χ2n) is 15.2. The first-order chi connectivity index (χ1) is 29.3. The molecule has 12 rings (SSSR count). The van der Waals surface area contributed by atoms with E-state index in [4.69, 9.17) is 0 Å². The van der Waals surface area contributed by atoms with Gasteiger partial charge in [-0.05, 0) is 82.9 Å². The van der Waals surface area contributed by atoms with Gasteiger partial charge >= 0.3 is 0 Å². The summed E-state index contributed by atoms with van der Waals surface area (Å²) < 4.78 is 7.28. The van der Waals surface area contributed by atoms with Crippen LogP contribution in [0.3, 0.4) is 0 Å². The summed E-state index contributed by atoms with van der Waals surface area (Å²) in [6.07, 6.45) is 0. The molecule has 0 saturated carbocycles. The van der Waals surface area contributed by atoms with Crippen LogP contribution in [0.5, 0.6) is 0 Å². The monoisotopic (exact) mass is 750 g/mol. The molecule has 59 heavy (non-hydrogen) atoms. The number of hydrogen-bond acceptors (Lipinski definition) is 1. The highest BCUT2D eigenvalue weighted by molar-refractivity contribution is 6.40. The summed E-state index contributed by atoms with van der Waals surface area (Å²) in [4.78, 5) is 0. The van der Waals surface area contributed by atoms with Crippen LogP contribution in [0.2, 0.25) is 0 Å². The summed E-state index contributed by atoms with van der Waals surface area (Å²) >= 11 is 0. The minimum atomic E-state index is 0.610. The molecule has 0 radical (unpaired) electrons. The molecule has 4 nitrogen and oxygen atoms in total. The van der Waals surface area contributed by atoms with Gasteiger partial charge in [0.05, 0.1) is 44.4 Å². The van der Waals surface area contributed by atoms with Gasteiger partial charge in [0.2, 0.25) is 0 Å². The topological polar surface area (TPSA) is 38.6 Å². The minimum Gasteiger partial charge on any atom is -0.308 e. The lowest BCUT2D eigenvalue weighted by Gasteiger charge is -2.15. The summed E-state index contributed by atoms with van der Waals surface area (Å²) in [6, 6.07) is 75.9. The van der Waals surface area contributed by atoms with Crippen LogP contribution in [0.15, 0.2) is 206 Å². The molecule has 3 aromatic heterocycles. The number of rotatable bonds is 5. The van der Waals surface area contributed by atoms with E-state index in [1.807, 2.05) is 12.1 Å². The number of para-hydroxylation sites is 5. The minimum absolute atomic E-state index is 0.610. The van der Waals surface area contributed by atoms with E-state index in [2.05, 4.69) is 214 Å². The molecule has 9 aromatic carbocycles. The lowest BCUT2D eigenvalue weighted by Crippen LogP contribution is -2.00. The average Bonchev–Trinajstić information content (AvgIpc) is 3.96. The van der Waals surface area contributed by atoms with Gasteiger partial charge in [-0.15, -0.1) is 0 Å². The molecule has 0 N–H and O–H groups in total. The summed E-state index contributed by atoms with van der Waals surface area (Å²) in [7, 11) is 0. The van der Waals surface area contributed by atoms with E-state index >= 15 is 0 Å². The maximum absolute atomic E-state index is 10.9. The fourth-order valence-electron chi connectivity index (χ4n) is 9.59. The van der Waals surface area contributed by atoms with E-state index in [9.17, 15) is 5.26 Å². The molecule has 3 heterocycles. The molecule has 274 valence electrons. The first-order valence-electron chi connectivity index (χ1n) is 20.0. The first-order valence-corrected chi connectivity index (χ1v) is 20.0. The van der Waals surface area contributed by atoms with Crippen molar-refractivity contribution in [3.8, 4) is 45.4 Å². The summed E-state index contributed by atoms with van der Waals surface area (Å²) in [5, 5.41) is 17.9. The lowest BCUT2D eigenvalue weighted by atomic mass is 9.97. The zero-order valence-corrected chi connectivity index (χ0v) is 31.9. The zero-order chi connectivity index (χ0) is 39.0. The van der Waals surface area contributed by atoms with Gasteiger partial charge in [-0.25, -0.2) is 0 Å². The molecule has 0 bridgehead atoms. The van der Waals surface area contributed by atoms with Gasteiger partial charge in [-0.2, -0.15) is 5.26 Å². The van der Waals surface area contributed by atoms with Gasteiger partial charge in [-0.3, -0.25) is 0 Å². The highest BCUT2D eigenvalue weighted by atomic mass is 15.0. The molecule has 0 aliphatic heterocycles. The van der Waals surface area contributed by atoms with Gasteiger partial charge in [0, 0.05) is 43.7 Å². The maximum Gasteiger partial charge on any atom is 0.101 e. The maximum atomic E-state index is 10.9. The third-order valence-electron chi connectivity index (χ3n) is 12.0. The fourth-order valence-corrected chi connectivity index (χ4v) is 9.59. The van der Waals surface area contributed by atoms with Crippen molar-refractivity contribution in [3.05, 3.63) is 212 Å². The molecule has 0 atom stereocenters. The highest BCUT2D eigenvalue weighted by Crippen LogP contribution is 2.50. The molecule has 0 aliphatic rings. The Hall–Kier alpha value is -8.13. The number of nitriles is 1. The Morgan fingerprint density at radius 2 is 0.712 bits per heavy atom. The van der Waals surface area contributed by atoms with Crippen LogP contribution in [0.4, 0.5) is 0 Å². The van der Waals surface area contributed by atoms with Crippen molar-refractivity contribution in [2.24, 2.45) is 0 Å². The average molecular weight is 751 g/mol. The van der Waals surface area contributed by atoms with Gasteiger partial charge in [0.1, 0.15) is 6.07 Å². The van der Waals surface area contributed by atoms with E-state index in [-0.39, 0.29) is 0 Å². The number of benzene rings is 9. The van der Waals surface area contributed by atoms with Crippen molar-refractivity contribution in [2.75, 3.05) is 0 Å². The highest BCUT2D eigenvalue weighted by Gasteiger charge is 2.29. The summed E-state index contributed by atoms with van der Waals surface area (Å²) in [6.45, 7) is 0. The fraction of sp³-hybridized carbons (Fsp3) is 0. The number of fused-ring (bicyclic) bond motifs is 12. The third-order valence-corrected chi connectivity index (χ3v) is 12.0. The van der Waals surface area contributed by atoms with Crippen LogP contribution in [0, 0.1) is 11.3 Å². The number of hydrogen-bond donors (Lipinski definition) is 0. The molecular weight excluding hydrogens is 717 g/mol. The van der Waals surface area contributed by atoms with Crippen molar-refractivity contribution in [1.29, 1.82) is 5.26 Å². The SMILES string of the molecule is N#Cc1ccc(-c2cccc(-c3ccccc3)c2)cc1-n1c2ccccc2c2c3c(c4ccccc4n3-c3ccccc3)c3c(c4ccccc4n3-c3ccccc3)c21. The molecule has 0 unspecified atom stereocenters. The Kier molecular flexibility index (Phi) is 7.26. The molecular formula is C55H34N4. The quantitative estimate of drug-likeness (QED) is 0.173. The molecule has 4 heteroatoms. The third kappa shape index (κ3) is 4.83. The number of aromatic nitrogens is 3. The largest absolute Gasteiger partial charge is 0.308 e. The molecule has 12 aromatic rings. The van der Waals surface area contributed by atoms with Crippen molar-refractivity contribution >= 4 is 65.4 Å². The van der Waals surface area contributed by atoms with Crippen molar-refractivity contribution < 1.29 is 0 Å². The zero-order valence-electron chi connectivity index (χ0n) is 31.9. The van der Waals surface area contributed by atoms with E-state index in [1.54, 1.807) is 0 Å². The van der Waals surface area contributed by atoms with Gasteiger partial charge < -0.3 is 13.7 Å². The van der Waals surface area contributed by atoms with Crippen LogP contribution in [-0.4, -0.2) is 13.7 Å². The molecule has 0 fully saturated rings. The van der Waals surface area contributed by atoms with Crippen LogP contribution in [0.1, 0.15) is 5.56 Å². The second kappa shape index (κ2) is 13.0. The smallest absolute Gasteiger partial charge is 0.101 e. The Morgan fingerprint density at radius 3 is 1.22 bits per heavy atom. The Balaban J connectivity index is 1.32. The predicted molar refractivity (Wildman–Crippen MR) is 245 cm³/mol. The first kappa shape index (κ1) is 33.1. The second-order valence-corrected chi connectivity index (χ2v) is 15.2.